The molecule has 0 spiro atoms. The van der Waals surface area contributed by atoms with Crippen molar-refractivity contribution in [2.45, 2.75) is 82.4 Å². The van der Waals surface area contributed by atoms with Gasteiger partial charge in [-0.1, -0.05) is 37.1 Å². The lowest BCUT2D eigenvalue weighted by Gasteiger charge is -2.38. The number of rotatable bonds is 7. The predicted molar refractivity (Wildman–Crippen MR) is 136 cm³/mol. The van der Waals surface area contributed by atoms with E-state index in [0.29, 0.717) is 12.1 Å². The third-order valence-corrected chi connectivity index (χ3v) is 8.60. The molecule has 0 aliphatic heterocycles. The van der Waals surface area contributed by atoms with Gasteiger partial charge in [0, 0.05) is 5.56 Å². The molecule has 2 aromatic carbocycles. The third-order valence-electron chi connectivity index (χ3n) is 8.41. The summed E-state index contributed by atoms with van der Waals surface area (Å²) < 4.78 is 69.8. The van der Waals surface area contributed by atoms with Crippen molar-refractivity contribution in [3.63, 3.8) is 0 Å². The third kappa shape index (κ3) is 6.33. The first-order valence-electron chi connectivity index (χ1n) is 13.1. The molecule has 196 valence electrons. The largest absolute Gasteiger partial charge is 0.353 e. The Morgan fingerprint density at radius 3 is 1.94 bits per heavy atom. The molecule has 0 atom stereocenters. The van der Waals surface area contributed by atoms with E-state index in [1.165, 1.54) is 50.7 Å². The van der Waals surface area contributed by atoms with E-state index in [2.05, 4.69) is 19.1 Å². The van der Waals surface area contributed by atoms with Gasteiger partial charge in [0.2, 0.25) is 0 Å². The van der Waals surface area contributed by atoms with Gasteiger partial charge in [-0.3, -0.25) is 0 Å². The standard InChI is InChI=1S/C30H34ClF5/c1-2-3-4-5-19-6-8-20(9-7-19)21-10-12-22(13-11-21)23-14-15-25(26(32)16-23)24-17-27(33)29(28(34)18-24)30(31,35)36/h2-3,14-22H,4-13H2,1H3/b3-2+. The van der Waals surface area contributed by atoms with E-state index in [9.17, 15) is 22.0 Å². The highest BCUT2D eigenvalue weighted by molar-refractivity contribution is 6.21. The molecule has 0 nitrogen and oxygen atoms in total. The molecule has 2 fully saturated rings. The van der Waals surface area contributed by atoms with E-state index in [-0.39, 0.29) is 17.0 Å². The molecule has 0 unspecified atom stereocenters. The van der Waals surface area contributed by atoms with Gasteiger partial charge in [-0.2, -0.15) is 8.78 Å². The Kier molecular flexibility index (Phi) is 8.80. The zero-order valence-electron chi connectivity index (χ0n) is 20.7. The maximum atomic E-state index is 15.0. The first-order valence-corrected chi connectivity index (χ1v) is 13.5. The van der Waals surface area contributed by atoms with Crippen LogP contribution in [-0.4, -0.2) is 0 Å². The van der Waals surface area contributed by atoms with Crippen LogP contribution in [0.3, 0.4) is 0 Å². The summed E-state index contributed by atoms with van der Waals surface area (Å²) in [6, 6.07) is 6.11. The van der Waals surface area contributed by atoms with Crippen molar-refractivity contribution in [2.75, 3.05) is 0 Å². The van der Waals surface area contributed by atoms with Gasteiger partial charge < -0.3 is 0 Å². The Hall–Kier alpha value is -1.88. The molecule has 6 heteroatoms. The first-order chi connectivity index (χ1) is 17.2. The number of halogens is 6. The van der Waals surface area contributed by atoms with Gasteiger partial charge in [0.1, 0.15) is 23.0 Å². The Morgan fingerprint density at radius 2 is 1.42 bits per heavy atom. The van der Waals surface area contributed by atoms with Crippen molar-refractivity contribution < 1.29 is 22.0 Å². The fourth-order valence-electron chi connectivity index (χ4n) is 6.39. The molecule has 0 aromatic heterocycles. The van der Waals surface area contributed by atoms with Gasteiger partial charge in [-0.05, 0) is 123 Å². The average Bonchev–Trinajstić information content (AvgIpc) is 2.83. The van der Waals surface area contributed by atoms with E-state index in [4.69, 9.17) is 11.6 Å². The van der Waals surface area contributed by atoms with Crippen LogP contribution in [0.15, 0.2) is 42.5 Å². The Bertz CT molecular complexity index is 1030. The molecule has 0 saturated heterocycles. The van der Waals surface area contributed by atoms with Crippen LogP contribution in [0.5, 0.6) is 0 Å². The maximum Gasteiger partial charge on any atom is 0.353 e. The molecule has 0 amide bonds. The fraction of sp³-hybridized carbons (Fsp3) is 0.533. The van der Waals surface area contributed by atoms with Crippen molar-refractivity contribution >= 4 is 11.6 Å². The number of hydrogen-bond acceptors (Lipinski definition) is 0. The monoisotopic (exact) mass is 524 g/mol. The average molecular weight is 525 g/mol. The summed E-state index contributed by atoms with van der Waals surface area (Å²) in [5, 5.41) is -4.18. The highest BCUT2D eigenvalue weighted by Gasteiger charge is 2.36. The molecule has 36 heavy (non-hydrogen) atoms. The molecule has 0 N–H and O–H groups in total. The Labute approximate surface area is 215 Å². The minimum absolute atomic E-state index is 0.0270. The SMILES string of the molecule is C/C=C/CCC1CCC(C2CCC(c3ccc(-c4cc(F)c(C(F)(F)Cl)c(F)c4)c(F)c3)CC2)CC1. The van der Waals surface area contributed by atoms with Crippen LogP contribution in [-0.2, 0) is 5.38 Å². The van der Waals surface area contributed by atoms with Gasteiger partial charge >= 0.3 is 5.38 Å². The van der Waals surface area contributed by atoms with Gasteiger partial charge in [0.15, 0.2) is 0 Å². The van der Waals surface area contributed by atoms with Gasteiger partial charge in [0.05, 0.1) is 0 Å². The zero-order chi connectivity index (χ0) is 25.9. The van der Waals surface area contributed by atoms with E-state index >= 15 is 0 Å². The van der Waals surface area contributed by atoms with Crippen molar-refractivity contribution in [3.8, 4) is 11.1 Å². The predicted octanol–water partition coefficient (Wildman–Crippen LogP) is 10.5. The smallest absolute Gasteiger partial charge is 0.206 e. The summed E-state index contributed by atoms with van der Waals surface area (Å²) in [7, 11) is 0. The van der Waals surface area contributed by atoms with Crippen molar-refractivity contribution in [3.05, 3.63) is 71.1 Å². The van der Waals surface area contributed by atoms with Crippen molar-refractivity contribution in [2.24, 2.45) is 17.8 Å². The number of alkyl halides is 3. The molecule has 2 aliphatic rings. The number of allylic oxidation sites excluding steroid dienone is 2. The molecule has 2 saturated carbocycles. The molecule has 0 heterocycles. The summed E-state index contributed by atoms with van der Waals surface area (Å²) >= 11 is 4.81. The minimum atomic E-state index is -4.18. The number of benzene rings is 2. The highest BCUT2D eigenvalue weighted by Crippen LogP contribution is 2.45. The van der Waals surface area contributed by atoms with E-state index in [0.717, 1.165) is 49.0 Å². The first kappa shape index (κ1) is 27.2. The van der Waals surface area contributed by atoms with E-state index < -0.39 is 28.4 Å². The van der Waals surface area contributed by atoms with E-state index in [1.54, 1.807) is 6.07 Å². The topological polar surface area (TPSA) is 0 Å². The van der Waals surface area contributed by atoms with Crippen LogP contribution in [0.25, 0.3) is 11.1 Å². The molecular weight excluding hydrogens is 491 g/mol. The van der Waals surface area contributed by atoms with Crippen LogP contribution in [0.2, 0.25) is 0 Å². The molecule has 2 aliphatic carbocycles. The second-order valence-electron chi connectivity index (χ2n) is 10.6. The van der Waals surface area contributed by atoms with Gasteiger partial charge in [-0.25, -0.2) is 13.2 Å². The molecule has 4 rings (SSSR count). The summed E-state index contributed by atoms with van der Waals surface area (Å²) in [6.45, 7) is 2.07. The van der Waals surface area contributed by atoms with Gasteiger partial charge in [0.25, 0.3) is 0 Å². The quantitative estimate of drug-likeness (QED) is 0.192. The summed E-state index contributed by atoms with van der Waals surface area (Å²) in [4.78, 5) is 0. The Morgan fingerprint density at radius 1 is 0.833 bits per heavy atom. The van der Waals surface area contributed by atoms with Crippen molar-refractivity contribution in [1.82, 2.24) is 0 Å². The lowest BCUT2D eigenvalue weighted by atomic mass is 9.68. The van der Waals surface area contributed by atoms with Crippen LogP contribution in [0, 0.1) is 35.2 Å². The molecular formula is C30H34ClF5. The van der Waals surface area contributed by atoms with Gasteiger partial charge in [-0.15, -0.1) is 0 Å². The molecule has 2 aromatic rings. The number of hydrogen-bond donors (Lipinski definition) is 0. The van der Waals surface area contributed by atoms with Crippen LogP contribution < -0.4 is 0 Å². The zero-order valence-corrected chi connectivity index (χ0v) is 21.4. The lowest BCUT2D eigenvalue weighted by Crippen LogP contribution is -2.25. The lowest BCUT2D eigenvalue weighted by molar-refractivity contribution is 0.0859. The Balaban J connectivity index is 1.36. The second-order valence-corrected chi connectivity index (χ2v) is 11.1. The summed E-state index contributed by atoms with van der Waals surface area (Å²) in [5.41, 5.74) is -0.805. The highest BCUT2D eigenvalue weighted by atomic mass is 35.5. The summed E-state index contributed by atoms with van der Waals surface area (Å²) in [6.07, 6.45) is 16.5. The van der Waals surface area contributed by atoms with Crippen molar-refractivity contribution in [1.29, 1.82) is 0 Å². The normalized spacial score (nSPS) is 25.4. The molecule has 0 radical (unpaired) electrons. The maximum absolute atomic E-state index is 15.0. The van der Waals surface area contributed by atoms with Crippen LogP contribution >= 0.6 is 11.6 Å². The minimum Gasteiger partial charge on any atom is -0.206 e. The molecule has 0 bridgehead atoms. The second kappa shape index (κ2) is 11.7. The van der Waals surface area contributed by atoms with E-state index in [1.807, 2.05) is 0 Å². The van der Waals surface area contributed by atoms with Crippen LogP contribution in [0.4, 0.5) is 22.0 Å². The fourth-order valence-corrected chi connectivity index (χ4v) is 6.57. The van der Waals surface area contributed by atoms with Crippen LogP contribution in [0.1, 0.15) is 88.2 Å². The summed E-state index contributed by atoms with van der Waals surface area (Å²) in [5.74, 6) is -0.956.